The van der Waals surface area contributed by atoms with E-state index in [1.165, 1.54) is 39.0 Å². The van der Waals surface area contributed by atoms with Gasteiger partial charge in [0.1, 0.15) is 0 Å². The van der Waals surface area contributed by atoms with E-state index in [2.05, 4.69) is 10.2 Å². The molecule has 0 saturated carbocycles. The largest absolute Gasteiger partial charge is 0.390 e. The minimum atomic E-state index is -0.417. The van der Waals surface area contributed by atoms with E-state index < -0.39 is 5.60 Å². The van der Waals surface area contributed by atoms with Gasteiger partial charge in [-0.1, -0.05) is 0 Å². The second kappa shape index (κ2) is 5.48. The van der Waals surface area contributed by atoms with E-state index in [1.807, 2.05) is 6.92 Å². The molecule has 0 amide bonds. The van der Waals surface area contributed by atoms with Crippen molar-refractivity contribution in [3.8, 4) is 0 Å². The lowest BCUT2D eigenvalue weighted by molar-refractivity contribution is 0.0440. The Morgan fingerprint density at radius 1 is 1.31 bits per heavy atom. The Balaban J connectivity index is 1.76. The lowest BCUT2D eigenvalue weighted by atomic mass is 9.98. The van der Waals surface area contributed by atoms with E-state index in [9.17, 15) is 5.11 Å². The Morgan fingerprint density at radius 3 is 2.94 bits per heavy atom. The summed E-state index contributed by atoms with van der Waals surface area (Å²) in [5.41, 5.74) is -0.417. The third kappa shape index (κ3) is 3.72. The predicted octanol–water partition coefficient (Wildman–Crippen LogP) is 1.22. The molecule has 0 aromatic carbocycles. The molecule has 3 heteroatoms. The molecule has 0 spiro atoms. The quantitative estimate of drug-likeness (QED) is 0.743. The molecule has 2 N–H and O–H groups in total. The van der Waals surface area contributed by atoms with Crippen LogP contribution in [0.1, 0.15) is 39.0 Å². The maximum Gasteiger partial charge on any atom is 0.0632 e. The standard InChI is InChI=1S/C13H26N2O/c1-13(16)5-3-8-15(9-6-13)11-12-4-2-7-14-10-12/h12,14,16H,2-11H2,1H3. The molecule has 2 fully saturated rings. The smallest absolute Gasteiger partial charge is 0.0632 e. The summed E-state index contributed by atoms with van der Waals surface area (Å²) in [5, 5.41) is 13.5. The Morgan fingerprint density at radius 2 is 2.19 bits per heavy atom. The molecule has 2 heterocycles. The molecule has 2 aliphatic rings. The van der Waals surface area contributed by atoms with Crippen LogP contribution in [0.4, 0.5) is 0 Å². The minimum absolute atomic E-state index is 0.417. The van der Waals surface area contributed by atoms with Gasteiger partial charge in [0.25, 0.3) is 0 Å². The first kappa shape index (κ1) is 12.3. The van der Waals surface area contributed by atoms with E-state index in [0.717, 1.165) is 31.7 Å². The molecule has 2 unspecified atom stereocenters. The summed E-state index contributed by atoms with van der Waals surface area (Å²) in [4.78, 5) is 2.55. The zero-order valence-corrected chi connectivity index (χ0v) is 10.5. The summed E-state index contributed by atoms with van der Waals surface area (Å²) in [5.74, 6) is 0.830. The van der Waals surface area contributed by atoms with Gasteiger partial charge in [-0.15, -0.1) is 0 Å². The number of likely N-dealkylation sites (tertiary alicyclic amines) is 1. The summed E-state index contributed by atoms with van der Waals surface area (Å²) >= 11 is 0. The highest BCUT2D eigenvalue weighted by Gasteiger charge is 2.26. The van der Waals surface area contributed by atoms with Crippen LogP contribution < -0.4 is 5.32 Å². The van der Waals surface area contributed by atoms with Crippen LogP contribution in [0.25, 0.3) is 0 Å². The topological polar surface area (TPSA) is 35.5 Å². The highest BCUT2D eigenvalue weighted by molar-refractivity contribution is 4.81. The third-order valence-corrected chi connectivity index (χ3v) is 4.07. The molecule has 2 rings (SSSR count). The average molecular weight is 226 g/mol. The molecule has 94 valence electrons. The maximum absolute atomic E-state index is 10.0. The van der Waals surface area contributed by atoms with Gasteiger partial charge in [-0.3, -0.25) is 0 Å². The van der Waals surface area contributed by atoms with Gasteiger partial charge in [-0.05, 0) is 64.6 Å². The molecule has 16 heavy (non-hydrogen) atoms. The number of hydrogen-bond donors (Lipinski definition) is 2. The molecular formula is C13H26N2O. The second-order valence-corrected chi connectivity index (χ2v) is 5.86. The van der Waals surface area contributed by atoms with Crippen LogP contribution in [-0.4, -0.2) is 48.3 Å². The molecule has 2 atom stereocenters. The number of hydrogen-bond acceptors (Lipinski definition) is 3. The van der Waals surface area contributed by atoms with Crippen molar-refractivity contribution in [2.24, 2.45) is 5.92 Å². The van der Waals surface area contributed by atoms with E-state index in [1.54, 1.807) is 0 Å². The van der Waals surface area contributed by atoms with Crippen molar-refractivity contribution in [2.75, 3.05) is 32.7 Å². The number of nitrogens with zero attached hydrogens (tertiary/aromatic N) is 1. The summed E-state index contributed by atoms with van der Waals surface area (Å²) < 4.78 is 0. The highest BCUT2D eigenvalue weighted by Crippen LogP contribution is 2.22. The molecule has 0 bridgehead atoms. The molecule has 0 radical (unpaired) electrons. The van der Waals surface area contributed by atoms with E-state index in [-0.39, 0.29) is 0 Å². The maximum atomic E-state index is 10.0. The Kier molecular flexibility index (Phi) is 4.22. The van der Waals surface area contributed by atoms with Gasteiger partial charge >= 0.3 is 0 Å². The van der Waals surface area contributed by atoms with Crippen molar-refractivity contribution in [1.29, 1.82) is 0 Å². The zero-order valence-electron chi connectivity index (χ0n) is 10.5. The molecule has 0 aromatic heterocycles. The summed E-state index contributed by atoms with van der Waals surface area (Å²) in [6, 6.07) is 0. The first-order chi connectivity index (χ1) is 7.66. The van der Waals surface area contributed by atoms with Gasteiger partial charge in [0, 0.05) is 13.1 Å². The average Bonchev–Trinajstić information content (AvgIpc) is 2.42. The highest BCUT2D eigenvalue weighted by atomic mass is 16.3. The molecule has 2 aliphatic heterocycles. The molecular weight excluding hydrogens is 200 g/mol. The first-order valence-corrected chi connectivity index (χ1v) is 6.81. The van der Waals surface area contributed by atoms with Crippen LogP contribution in [0.3, 0.4) is 0 Å². The SMILES string of the molecule is CC1(O)CCCN(CC2CCCNC2)CC1. The lowest BCUT2D eigenvalue weighted by Gasteiger charge is -2.29. The fourth-order valence-corrected chi connectivity index (χ4v) is 2.95. The third-order valence-electron chi connectivity index (χ3n) is 4.07. The van der Waals surface area contributed by atoms with Crippen molar-refractivity contribution in [3.63, 3.8) is 0 Å². The Labute approximate surface area is 99.2 Å². The number of piperidine rings is 1. The molecule has 3 nitrogen and oxygen atoms in total. The lowest BCUT2D eigenvalue weighted by Crippen LogP contribution is -2.39. The number of nitrogens with one attached hydrogen (secondary N) is 1. The van der Waals surface area contributed by atoms with Gasteiger partial charge < -0.3 is 15.3 Å². The monoisotopic (exact) mass is 226 g/mol. The van der Waals surface area contributed by atoms with E-state index in [4.69, 9.17) is 0 Å². The van der Waals surface area contributed by atoms with Crippen LogP contribution >= 0.6 is 0 Å². The van der Waals surface area contributed by atoms with Crippen molar-refractivity contribution in [3.05, 3.63) is 0 Å². The molecule has 0 aliphatic carbocycles. The predicted molar refractivity (Wildman–Crippen MR) is 66.5 cm³/mol. The van der Waals surface area contributed by atoms with Crippen molar-refractivity contribution < 1.29 is 5.11 Å². The Bertz CT molecular complexity index is 212. The van der Waals surface area contributed by atoms with Gasteiger partial charge in [-0.2, -0.15) is 0 Å². The molecule has 0 aromatic rings. The summed E-state index contributed by atoms with van der Waals surface area (Å²) in [7, 11) is 0. The number of aliphatic hydroxyl groups is 1. The summed E-state index contributed by atoms with van der Waals surface area (Å²) in [6.07, 6.45) is 5.75. The Hall–Kier alpha value is -0.120. The minimum Gasteiger partial charge on any atom is -0.390 e. The van der Waals surface area contributed by atoms with E-state index >= 15 is 0 Å². The zero-order chi connectivity index (χ0) is 11.4. The second-order valence-electron chi connectivity index (χ2n) is 5.86. The van der Waals surface area contributed by atoms with Crippen LogP contribution in [0.2, 0.25) is 0 Å². The van der Waals surface area contributed by atoms with Gasteiger partial charge in [-0.25, -0.2) is 0 Å². The number of rotatable bonds is 2. The van der Waals surface area contributed by atoms with Crippen molar-refractivity contribution in [2.45, 2.75) is 44.6 Å². The van der Waals surface area contributed by atoms with E-state index in [0.29, 0.717) is 0 Å². The van der Waals surface area contributed by atoms with Crippen LogP contribution in [0.5, 0.6) is 0 Å². The fraction of sp³-hybridized carbons (Fsp3) is 1.00. The fourth-order valence-electron chi connectivity index (χ4n) is 2.95. The van der Waals surface area contributed by atoms with Crippen LogP contribution in [-0.2, 0) is 0 Å². The van der Waals surface area contributed by atoms with Crippen LogP contribution in [0, 0.1) is 5.92 Å². The van der Waals surface area contributed by atoms with Gasteiger partial charge in [0.05, 0.1) is 5.60 Å². The van der Waals surface area contributed by atoms with Crippen molar-refractivity contribution >= 4 is 0 Å². The summed E-state index contributed by atoms with van der Waals surface area (Å²) in [6.45, 7) is 7.84. The normalized spacial score (nSPS) is 38.2. The molecule has 2 saturated heterocycles. The van der Waals surface area contributed by atoms with Gasteiger partial charge in [0.2, 0.25) is 0 Å². The first-order valence-electron chi connectivity index (χ1n) is 6.81. The van der Waals surface area contributed by atoms with Crippen molar-refractivity contribution in [1.82, 2.24) is 10.2 Å². The van der Waals surface area contributed by atoms with Gasteiger partial charge in [0.15, 0.2) is 0 Å². The van der Waals surface area contributed by atoms with Crippen LogP contribution in [0.15, 0.2) is 0 Å².